The first-order valence-corrected chi connectivity index (χ1v) is 38.1. The van der Waals surface area contributed by atoms with Crippen LogP contribution < -0.4 is 5.32 Å². The van der Waals surface area contributed by atoms with Crippen molar-refractivity contribution in [3.8, 4) is 0 Å². The molecule has 6 heteroatoms. The molecule has 0 bridgehead atoms. The van der Waals surface area contributed by atoms with E-state index in [1.165, 1.54) is 366 Å². The molecule has 6 nitrogen and oxygen atoms in total. The molecule has 0 saturated carbocycles. The molecule has 0 aromatic heterocycles. The number of amides is 1. The Kier molecular flexibility index (Phi) is 71.4. The van der Waals surface area contributed by atoms with Gasteiger partial charge in [-0.2, -0.15) is 0 Å². The lowest BCUT2D eigenvalue weighted by atomic mass is 10.0. The molecular weight excluding hydrogens is 1020 g/mol. The number of rotatable bonds is 72. The van der Waals surface area contributed by atoms with E-state index in [1.54, 1.807) is 6.08 Å². The number of esters is 1. The van der Waals surface area contributed by atoms with Crippen molar-refractivity contribution in [3.05, 3.63) is 24.3 Å². The summed E-state index contributed by atoms with van der Waals surface area (Å²) < 4.78 is 5.52. The van der Waals surface area contributed by atoms with E-state index in [-0.39, 0.29) is 18.5 Å². The number of allylic oxidation sites excluding steroid dienone is 3. The first kappa shape index (κ1) is 81.3. The highest BCUT2D eigenvalue weighted by Gasteiger charge is 2.18. The molecule has 3 N–H and O–H groups in total. The Morgan fingerprint density at radius 2 is 0.566 bits per heavy atom. The number of unbranched alkanes of at least 4 members (excludes halogenated alkanes) is 59. The maximum atomic E-state index is 12.5. The smallest absolute Gasteiger partial charge is 0.305 e. The molecular formula is C77H149NO5. The Morgan fingerprint density at radius 1 is 0.325 bits per heavy atom. The van der Waals surface area contributed by atoms with Gasteiger partial charge in [-0.1, -0.05) is 385 Å². The highest BCUT2D eigenvalue weighted by molar-refractivity contribution is 5.76. The topological polar surface area (TPSA) is 95.9 Å². The van der Waals surface area contributed by atoms with Crippen molar-refractivity contribution in [1.29, 1.82) is 0 Å². The van der Waals surface area contributed by atoms with Gasteiger partial charge in [-0.15, -0.1) is 0 Å². The van der Waals surface area contributed by atoms with Crippen molar-refractivity contribution in [2.45, 2.75) is 443 Å². The zero-order valence-electron chi connectivity index (χ0n) is 56.5. The largest absolute Gasteiger partial charge is 0.466 e. The predicted molar refractivity (Wildman–Crippen MR) is 366 cm³/mol. The molecule has 0 heterocycles. The van der Waals surface area contributed by atoms with Crippen LogP contribution in [0, 0.1) is 0 Å². The van der Waals surface area contributed by atoms with Crippen molar-refractivity contribution in [2.24, 2.45) is 0 Å². The lowest BCUT2D eigenvalue weighted by Crippen LogP contribution is -2.45. The average Bonchev–Trinajstić information content (AvgIpc) is 3.49. The van der Waals surface area contributed by atoms with E-state index >= 15 is 0 Å². The number of carbonyl (C=O) groups is 2. The van der Waals surface area contributed by atoms with Gasteiger partial charge in [0, 0.05) is 12.8 Å². The second-order valence-electron chi connectivity index (χ2n) is 26.3. The summed E-state index contributed by atoms with van der Waals surface area (Å²) in [4.78, 5) is 24.6. The highest BCUT2D eigenvalue weighted by Crippen LogP contribution is 2.19. The van der Waals surface area contributed by atoms with Crippen molar-refractivity contribution >= 4 is 11.9 Å². The molecule has 0 spiro atoms. The quantitative estimate of drug-likeness (QED) is 0.0320. The van der Waals surface area contributed by atoms with Crippen molar-refractivity contribution in [3.63, 3.8) is 0 Å². The first-order valence-electron chi connectivity index (χ1n) is 38.1. The van der Waals surface area contributed by atoms with E-state index in [1.807, 2.05) is 6.08 Å². The van der Waals surface area contributed by atoms with E-state index in [0.717, 1.165) is 38.5 Å². The van der Waals surface area contributed by atoms with Crippen LogP contribution in [0.2, 0.25) is 0 Å². The minimum Gasteiger partial charge on any atom is -0.466 e. The summed E-state index contributed by atoms with van der Waals surface area (Å²) in [5.41, 5.74) is 0. The number of hydrogen-bond donors (Lipinski definition) is 3. The number of carbonyl (C=O) groups excluding carboxylic acids is 2. The molecule has 2 atom stereocenters. The monoisotopic (exact) mass is 1170 g/mol. The van der Waals surface area contributed by atoms with Crippen molar-refractivity contribution < 1.29 is 24.5 Å². The molecule has 0 radical (unpaired) electrons. The van der Waals surface area contributed by atoms with Gasteiger partial charge < -0.3 is 20.3 Å². The second-order valence-corrected chi connectivity index (χ2v) is 26.3. The molecule has 0 aromatic rings. The summed E-state index contributed by atoms with van der Waals surface area (Å²) in [5.74, 6) is -0.0383. The molecule has 1 amide bonds. The summed E-state index contributed by atoms with van der Waals surface area (Å²) in [6.07, 6.45) is 92.9. The minimum absolute atomic E-state index is 0.0237. The van der Waals surface area contributed by atoms with Crippen LogP contribution in [0.4, 0.5) is 0 Å². The second kappa shape index (κ2) is 72.8. The molecule has 492 valence electrons. The minimum atomic E-state index is -0.842. The lowest BCUT2D eigenvalue weighted by Gasteiger charge is -2.20. The predicted octanol–water partition coefficient (Wildman–Crippen LogP) is 24.9. The number of nitrogens with one attached hydrogen (secondary N) is 1. The number of hydrogen-bond acceptors (Lipinski definition) is 5. The average molecular weight is 1170 g/mol. The summed E-state index contributed by atoms with van der Waals surface area (Å²) >= 11 is 0. The van der Waals surface area contributed by atoms with Gasteiger partial charge in [-0.3, -0.25) is 9.59 Å². The standard InChI is InChI=1S/C77H149NO5/c1-3-5-7-9-11-13-15-17-19-20-39-43-47-51-55-59-63-67-71-77(82)83-72-68-64-60-56-52-48-44-40-37-35-33-31-29-27-25-23-21-22-24-26-28-30-32-34-36-38-42-46-50-54-58-62-66-70-76(81)78-74(73-79)75(80)69-65-61-57-53-49-45-41-18-16-14-12-10-8-6-4-2/h25,27,65,69,74-75,79-80H,3-24,26,28-64,66-68,70-73H2,1-2H3,(H,78,81)/b27-25-,69-65+. The Bertz CT molecular complexity index is 1300. The van der Waals surface area contributed by atoms with Crippen LogP contribution in [0.1, 0.15) is 431 Å². The normalized spacial score (nSPS) is 12.6. The summed E-state index contributed by atoms with van der Waals surface area (Å²) in [6.45, 7) is 4.95. The van der Waals surface area contributed by atoms with Gasteiger partial charge in [-0.05, 0) is 57.8 Å². The number of aliphatic hydroxyl groups is 2. The Morgan fingerprint density at radius 3 is 0.855 bits per heavy atom. The van der Waals surface area contributed by atoms with Gasteiger partial charge in [0.15, 0.2) is 0 Å². The fraction of sp³-hybridized carbons (Fsp3) is 0.922. The number of ether oxygens (including phenoxy) is 1. The van der Waals surface area contributed by atoms with Gasteiger partial charge >= 0.3 is 5.97 Å². The summed E-state index contributed by atoms with van der Waals surface area (Å²) in [7, 11) is 0. The van der Waals surface area contributed by atoms with Crippen molar-refractivity contribution in [1.82, 2.24) is 5.32 Å². The molecule has 0 saturated heterocycles. The van der Waals surface area contributed by atoms with Crippen LogP contribution in [0.15, 0.2) is 24.3 Å². The van der Waals surface area contributed by atoms with E-state index in [2.05, 4.69) is 31.3 Å². The van der Waals surface area contributed by atoms with Gasteiger partial charge in [0.1, 0.15) is 0 Å². The molecule has 0 fully saturated rings. The van der Waals surface area contributed by atoms with Gasteiger partial charge in [0.2, 0.25) is 5.91 Å². The molecule has 0 aliphatic heterocycles. The third-order valence-corrected chi connectivity index (χ3v) is 18.0. The molecule has 0 aliphatic carbocycles. The Hall–Kier alpha value is -1.66. The van der Waals surface area contributed by atoms with Gasteiger partial charge in [0.05, 0.1) is 25.4 Å². The zero-order chi connectivity index (χ0) is 59.9. The fourth-order valence-electron chi connectivity index (χ4n) is 12.2. The first-order chi connectivity index (χ1) is 41.0. The maximum Gasteiger partial charge on any atom is 0.305 e. The maximum absolute atomic E-state index is 12.5. The molecule has 0 aliphatic rings. The molecule has 0 rings (SSSR count). The van der Waals surface area contributed by atoms with Gasteiger partial charge in [-0.25, -0.2) is 0 Å². The third-order valence-electron chi connectivity index (χ3n) is 18.0. The highest BCUT2D eigenvalue weighted by atomic mass is 16.5. The third kappa shape index (κ3) is 69.3. The number of aliphatic hydroxyl groups excluding tert-OH is 2. The van der Waals surface area contributed by atoms with Crippen LogP contribution in [0.25, 0.3) is 0 Å². The molecule has 0 aromatic carbocycles. The van der Waals surface area contributed by atoms with E-state index < -0.39 is 12.1 Å². The fourth-order valence-corrected chi connectivity index (χ4v) is 12.2. The van der Waals surface area contributed by atoms with Crippen LogP contribution in [-0.2, 0) is 14.3 Å². The lowest BCUT2D eigenvalue weighted by molar-refractivity contribution is -0.143. The van der Waals surface area contributed by atoms with Gasteiger partial charge in [0.25, 0.3) is 0 Å². The Balaban J connectivity index is 3.34. The SMILES string of the molecule is CCCCCCCCCCCCCCC/C=C/C(O)C(CO)NC(=O)CCCCCCCCCCCCCCCCCCC/C=C\CCCCCCCCCCCCCCOC(=O)CCCCCCCCCCCCCCCCCCCC. The van der Waals surface area contributed by atoms with Crippen LogP contribution >= 0.6 is 0 Å². The summed E-state index contributed by atoms with van der Waals surface area (Å²) in [6, 6.07) is -0.625. The van der Waals surface area contributed by atoms with E-state index in [9.17, 15) is 19.8 Å². The zero-order valence-corrected chi connectivity index (χ0v) is 56.5. The Labute approximate surface area is 520 Å². The van der Waals surface area contributed by atoms with E-state index in [0.29, 0.717) is 19.4 Å². The van der Waals surface area contributed by atoms with Crippen LogP contribution in [-0.4, -0.2) is 47.4 Å². The molecule has 2 unspecified atom stereocenters. The van der Waals surface area contributed by atoms with Crippen LogP contribution in [0.5, 0.6) is 0 Å². The van der Waals surface area contributed by atoms with Crippen LogP contribution in [0.3, 0.4) is 0 Å². The molecule has 83 heavy (non-hydrogen) atoms. The van der Waals surface area contributed by atoms with Crippen molar-refractivity contribution in [2.75, 3.05) is 13.2 Å². The van der Waals surface area contributed by atoms with E-state index in [4.69, 9.17) is 4.74 Å². The summed E-state index contributed by atoms with van der Waals surface area (Å²) in [5, 5.41) is 23.2.